The van der Waals surface area contributed by atoms with Gasteiger partial charge in [0.15, 0.2) is 0 Å². The molecule has 1 heterocycles. The van der Waals surface area contributed by atoms with Crippen molar-refractivity contribution in [1.29, 1.82) is 0 Å². The van der Waals surface area contributed by atoms with E-state index in [0.29, 0.717) is 19.0 Å². The third-order valence-electron chi connectivity index (χ3n) is 2.12. The molecule has 0 saturated heterocycles. The van der Waals surface area contributed by atoms with Crippen LogP contribution in [0, 0.1) is 0 Å². The molecule has 0 atom stereocenters. The maximum absolute atomic E-state index is 11.3. The Morgan fingerprint density at radius 3 is 2.90 bits per heavy atom. The summed E-state index contributed by atoms with van der Waals surface area (Å²) in [4.78, 5) is 11.3. The molecule has 0 fully saturated rings. The summed E-state index contributed by atoms with van der Waals surface area (Å²) in [6, 6.07) is 1.65. The number of ether oxygens (including phenoxy) is 2. The van der Waals surface area contributed by atoms with Gasteiger partial charge < -0.3 is 19.3 Å². The van der Waals surface area contributed by atoms with Gasteiger partial charge in [-0.15, -0.1) is 0 Å². The summed E-state index contributed by atoms with van der Waals surface area (Å²) >= 11 is 0. The first-order valence-corrected chi connectivity index (χ1v) is 6.62. The van der Waals surface area contributed by atoms with Gasteiger partial charge in [0.05, 0.1) is 0 Å². The molecule has 0 unspecified atom stereocenters. The van der Waals surface area contributed by atoms with Crippen molar-refractivity contribution in [3.63, 3.8) is 0 Å². The molecule has 6 heteroatoms. The van der Waals surface area contributed by atoms with Gasteiger partial charge in [0.1, 0.15) is 18.5 Å². The molecule has 0 aliphatic carbocycles. The van der Waals surface area contributed by atoms with E-state index in [0.717, 1.165) is 12.8 Å². The average Bonchev–Trinajstić information content (AvgIpc) is 2.83. The molecule has 0 saturated carbocycles. The number of nitrogens with zero attached hydrogens (tertiary/aromatic N) is 1. The largest absolute Gasteiger partial charge is 0.471 e. The summed E-state index contributed by atoms with van der Waals surface area (Å²) in [5.74, 6) is 0.473. The molecule has 6 nitrogen and oxygen atoms in total. The number of hydrogen-bond donors (Lipinski definition) is 1. The first kappa shape index (κ1) is 16.1. The van der Waals surface area contributed by atoms with E-state index in [1.54, 1.807) is 6.07 Å². The molecule has 1 N–H and O–H groups in total. The highest BCUT2D eigenvalue weighted by atomic mass is 16.6. The van der Waals surface area contributed by atoms with Crippen LogP contribution >= 0.6 is 0 Å². The molecule has 20 heavy (non-hydrogen) atoms. The zero-order valence-electron chi connectivity index (χ0n) is 12.2. The van der Waals surface area contributed by atoms with E-state index in [-0.39, 0.29) is 6.09 Å². The average molecular weight is 282 g/mol. The second-order valence-electron chi connectivity index (χ2n) is 5.19. The predicted molar refractivity (Wildman–Crippen MR) is 74.6 cm³/mol. The lowest BCUT2D eigenvalue weighted by atomic mass is 10.2. The zero-order valence-corrected chi connectivity index (χ0v) is 12.2. The number of hydrogen-bond acceptors (Lipinski definition) is 5. The van der Waals surface area contributed by atoms with Crippen LogP contribution in [0.2, 0.25) is 0 Å². The van der Waals surface area contributed by atoms with Crippen molar-refractivity contribution in [1.82, 2.24) is 10.5 Å². The van der Waals surface area contributed by atoms with Gasteiger partial charge >= 0.3 is 6.09 Å². The maximum Gasteiger partial charge on any atom is 0.407 e. The standard InChI is InChI=1S/C14H22N2O4/c1-14(2,3)20-13(17)15-9-6-4-5-7-10-18-12-8-11-19-16-12/h5,7-8,11H,4,6,9-10H2,1-3H3,(H,15,17)/b7-5+. The molecular weight excluding hydrogens is 260 g/mol. The fraction of sp³-hybridized carbons (Fsp3) is 0.571. The van der Waals surface area contributed by atoms with Gasteiger partial charge in [-0.25, -0.2) is 4.79 Å². The molecule has 1 rings (SSSR count). The van der Waals surface area contributed by atoms with Gasteiger partial charge in [-0.3, -0.25) is 0 Å². The van der Waals surface area contributed by atoms with Gasteiger partial charge in [0.2, 0.25) is 0 Å². The molecule has 0 spiro atoms. The number of aromatic nitrogens is 1. The van der Waals surface area contributed by atoms with E-state index in [2.05, 4.69) is 15.0 Å². The lowest BCUT2D eigenvalue weighted by Crippen LogP contribution is -2.32. The van der Waals surface area contributed by atoms with Crippen LogP contribution in [0.25, 0.3) is 0 Å². The molecule has 1 amide bonds. The van der Waals surface area contributed by atoms with Crippen LogP contribution in [-0.2, 0) is 4.74 Å². The van der Waals surface area contributed by atoms with Crippen molar-refractivity contribution in [2.45, 2.75) is 39.2 Å². The zero-order chi connectivity index (χ0) is 14.8. The summed E-state index contributed by atoms with van der Waals surface area (Å²) in [7, 11) is 0. The summed E-state index contributed by atoms with van der Waals surface area (Å²) in [5.41, 5.74) is -0.456. The first-order valence-electron chi connectivity index (χ1n) is 6.62. The number of nitrogens with one attached hydrogen (secondary N) is 1. The molecule has 0 aliphatic rings. The van der Waals surface area contributed by atoms with Crippen LogP contribution in [0.4, 0.5) is 4.79 Å². The van der Waals surface area contributed by atoms with Crippen molar-refractivity contribution < 1.29 is 18.8 Å². The Morgan fingerprint density at radius 1 is 1.45 bits per heavy atom. The molecule has 0 aromatic carbocycles. The van der Waals surface area contributed by atoms with Gasteiger partial charge in [-0.2, -0.15) is 0 Å². The third kappa shape index (κ3) is 8.18. The van der Waals surface area contributed by atoms with Crippen LogP contribution in [0.1, 0.15) is 33.6 Å². The topological polar surface area (TPSA) is 73.6 Å². The van der Waals surface area contributed by atoms with E-state index < -0.39 is 5.60 Å². The van der Waals surface area contributed by atoms with Gasteiger partial charge in [0.25, 0.3) is 5.88 Å². The molecule has 1 aromatic rings. The van der Waals surface area contributed by atoms with Crippen LogP contribution in [0.5, 0.6) is 5.88 Å². The molecule has 1 aromatic heterocycles. The van der Waals surface area contributed by atoms with E-state index >= 15 is 0 Å². The molecule has 0 bridgehead atoms. The Hall–Kier alpha value is -1.98. The Morgan fingerprint density at radius 2 is 2.25 bits per heavy atom. The summed E-state index contributed by atoms with van der Waals surface area (Å²) in [6.07, 6.45) is 6.69. The molecule has 112 valence electrons. The van der Waals surface area contributed by atoms with E-state index in [1.807, 2.05) is 32.9 Å². The fourth-order valence-corrected chi connectivity index (χ4v) is 1.32. The Bertz CT molecular complexity index is 407. The second-order valence-corrected chi connectivity index (χ2v) is 5.19. The van der Waals surface area contributed by atoms with Crippen molar-refractivity contribution in [2.75, 3.05) is 13.2 Å². The highest BCUT2D eigenvalue weighted by Crippen LogP contribution is 2.06. The predicted octanol–water partition coefficient (Wildman–Crippen LogP) is 2.91. The van der Waals surface area contributed by atoms with E-state index in [1.165, 1.54) is 6.26 Å². The minimum absolute atomic E-state index is 0.379. The van der Waals surface area contributed by atoms with Gasteiger partial charge in [-0.1, -0.05) is 12.2 Å². The van der Waals surface area contributed by atoms with Gasteiger partial charge in [-0.05, 0) is 38.8 Å². The van der Waals surface area contributed by atoms with Crippen LogP contribution in [0.15, 0.2) is 29.0 Å². The van der Waals surface area contributed by atoms with Crippen LogP contribution in [-0.4, -0.2) is 30.0 Å². The monoisotopic (exact) mass is 282 g/mol. The quantitative estimate of drug-likeness (QED) is 0.615. The minimum atomic E-state index is -0.456. The third-order valence-corrected chi connectivity index (χ3v) is 2.12. The van der Waals surface area contributed by atoms with Crippen molar-refractivity contribution >= 4 is 6.09 Å². The number of amides is 1. The summed E-state index contributed by atoms with van der Waals surface area (Å²) in [6.45, 7) is 6.55. The molecule has 0 aliphatic heterocycles. The van der Waals surface area contributed by atoms with E-state index in [9.17, 15) is 4.79 Å². The lowest BCUT2D eigenvalue weighted by Gasteiger charge is -2.19. The maximum atomic E-state index is 11.3. The first-order chi connectivity index (χ1) is 9.47. The SMILES string of the molecule is CC(C)(C)OC(=O)NCCC/C=C/COc1ccon1. The Balaban J connectivity index is 1.97. The Labute approximate surface area is 119 Å². The van der Waals surface area contributed by atoms with Crippen LogP contribution < -0.4 is 10.1 Å². The minimum Gasteiger partial charge on any atom is -0.471 e. The highest BCUT2D eigenvalue weighted by Gasteiger charge is 2.15. The smallest absolute Gasteiger partial charge is 0.407 e. The number of allylic oxidation sites excluding steroid dienone is 1. The number of rotatable bonds is 7. The summed E-state index contributed by atoms with van der Waals surface area (Å²) < 4.78 is 15.0. The van der Waals surface area contributed by atoms with E-state index in [4.69, 9.17) is 9.47 Å². The number of unbranched alkanes of at least 4 members (excludes halogenated alkanes) is 1. The molecule has 0 radical (unpaired) electrons. The lowest BCUT2D eigenvalue weighted by molar-refractivity contribution is 0.0527. The summed E-state index contributed by atoms with van der Waals surface area (Å²) in [5, 5.41) is 6.32. The number of carbonyl (C=O) groups is 1. The van der Waals surface area contributed by atoms with Crippen molar-refractivity contribution in [3.8, 4) is 5.88 Å². The number of carbonyl (C=O) groups excluding carboxylic acids is 1. The normalized spacial score (nSPS) is 11.6. The van der Waals surface area contributed by atoms with Crippen LogP contribution in [0.3, 0.4) is 0 Å². The van der Waals surface area contributed by atoms with Gasteiger partial charge in [0, 0.05) is 12.6 Å². The Kier molecular flexibility index (Phi) is 6.63. The fourth-order valence-electron chi connectivity index (χ4n) is 1.32. The number of alkyl carbamates (subject to hydrolysis) is 1. The van der Waals surface area contributed by atoms with Crippen molar-refractivity contribution in [3.05, 3.63) is 24.5 Å². The molecular formula is C14H22N2O4. The van der Waals surface area contributed by atoms with Crippen molar-refractivity contribution in [2.24, 2.45) is 0 Å². The highest BCUT2D eigenvalue weighted by molar-refractivity contribution is 5.67. The second kappa shape index (κ2) is 8.24.